The largest absolute Gasteiger partial charge is 0.486 e. The minimum atomic E-state index is -0.132. The fourth-order valence-electron chi connectivity index (χ4n) is 6.07. The molecule has 2 heteroatoms. The lowest BCUT2D eigenvalue weighted by Gasteiger charge is -2.44. The maximum Gasteiger partial charge on any atom is 0.168 e. The van der Waals surface area contributed by atoms with Crippen LogP contribution >= 0.6 is 0 Å². The lowest BCUT2D eigenvalue weighted by molar-refractivity contribution is 0.0755. The van der Waals surface area contributed by atoms with Gasteiger partial charge in [-0.25, -0.2) is 4.39 Å². The third-order valence-corrected chi connectivity index (χ3v) is 7.49. The molecule has 1 aromatic carbocycles. The highest BCUT2D eigenvalue weighted by Gasteiger charge is 2.38. The third-order valence-electron chi connectivity index (χ3n) is 7.49. The van der Waals surface area contributed by atoms with E-state index in [-0.39, 0.29) is 5.82 Å². The van der Waals surface area contributed by atoms with Crippen LogP contribution in [0.15, 0.2) is 24.8 Å². The summed E-state index contributed by atoms with van der Waals surface area (Å²) < 4.78 is 20.2. The zero-order chi connectivity index (χ0) is 18.1. The van der Waals surface area contributed by atoms with Crippen molar-refractivity contribution in [3.05, 3.63) is 41.7 Å². The van der Waals surface area contributed by atoms with Crippen molar-refractivity contribution in [2.75, 3.05) is 6.61 Å². The normalized spacial score (nSPS) is 33.8. The maximum absolute atomic E-state index is 14.7. The highest BCUT2D eigenvalue weighted by Crippen LogP contribution is 2.48. The van der Waals surface area contributed by atoms with E-state index in [4.69, 9.17) is 4.74 Å². The molecular weight excluding hydrogens is 323 g/mol. The minimum absolute atomic E-state index is 0.132. The van der Waals surface area contributed by atoms with Crippen molar-refractivity contribution in [1.82, 2.24) is 0 Å². The third kappa shape index (κ3) is 3.57. The summed E-state index contributed by atoms with van der Waals surface area (Å²) in [6.07, 6.45) is 13.4. The summed E-state index contributed by atoms with van der Waals surface area (Å²) in [5.74, 6) is 4.77. The van der Waals surface area contributed by atoms with E-state index in [0.29, 0.717) is 12.4 Å². The van der Waals surface area contributed by atoms with E-state index in [1.54, 1.807) is 6.08 Å². The summed E-state index contributed by atoms with van der Waals surface area (Å²) in [5, 5.41) is 0. The van der Waals surface area contributed by atoms with Crippen molar-refractivity contribution < 1.29 is 9.13 Å². The van der Waals surface area contributed by atoms with Gasteiger partial charge in [-0.05, 0) is 98.1 Å². The number of rotatable bonds is 4. The van der Waals surface area contributed by atoms with Crippen LogP contribution in [0.3, 0.4) is 0 Å². The molecule has 1 aromatic rings. The first-order valence-electron chi connectivity index (χ1n) is 10.7. The van der Waals surface area contributed by atoms with E-state index in [1.165, 1.54) is 44.1 Å². The van der Waals surface area contributed by atoms with Gasteiger partial charge in [-0.1, -0.05) is 32.1 Å². The molecule has 0 aliphatic heterocycles. The van der Waals surface area contributed by atoms with Crippen molar-refractivity contribution in [2.45, 2.75) is 64.7 Å². The Kier molecular flexibility index (Phi) is 5.38. The Morgan fingerprint density at radius 1 is 1.04 bits per heavy atom. The summed E-state index contributed by atoms with van der Waals surface area (Å²) in [6.45, 7) is 6.44. The Morgan fingerprint density at radius 2 is 1.77 bits per heavy atom. The van der Waals surface area contributed by atoms with E-state index in [1.807, 2.05) is 6.07 Å². The molecule has 2 saturated carbocycles. The summed E-state index contributed by atoms with van der Waals surface area (Å²) >= 11 is 0. The molecule has 3 aliphatic rings. The van der Waals surface area contributed by atoms with Crippen molar-refractivity contribution in [2.24, 2.45) is 29.6 Å². The van der Waals surface area contributed by atoms with E-state index >= 15 is 0 Å². The van der Waals surface area contributed by atoms with Crippen molar-refractivity contribution in [3.63, 3.8) is 0 Å². The van der Waals surface area contributed by atoms with Gasteiger partial charge in [0.15, 0.2) is 11.6 Å². The molecule has 0 saturated heterocycles. The van der Waals surface area contributed by atoms with Gasteiger partial charge in [0.1, 0.15) is 6.61 Å². The number of hydrogen-bond acceptors (Lipinski definition) is 1. The second kappa shape index (κ2) is 7.74. The quantitative estimate of drug-likeness (QED) is 0.571. The van der Waals surface area contributed by atoms with Crippen LogP contribution in [0.4, 0.5) is 4.39 Å². The van der Waals surface area contributed by atoms with Crippen LogP contribution in [0.2, 0.25) is 0 Å². The maximum atomic E-state index is 14.7. The van der Waals surface area contributed by atoms with Gasteiger partial charge >= 0.3 is 0 Å². The predicted octanol–water partition coefficient (Wildman–Crippen LogP) is 6.35. The Hall–Kier alpha value is -1.31. The van der Waals surface area contributed by atoms with Crippen LogP contribution in [0, 0.1) is 35.4 Å². The fourth-order valence-corrected chi connectivity index (χ4v) is 6.07. The Balaban J connectivity index is 1.42. The van der Waals surface area contributed by atoms with Gasteiger partial charge < -0.3 is 4.74 Å². The first-order chi connectivity index (χ1) is 12.7. The van der Waals surface area contributed by atoms with Gasteiger partial charge in [0.05, 0.1) is 0 Å². The molecule has 0 spiro atoms. The molecule has 1 nitrogen and oxygen atoms in total. The highest BCUT2D eigenvalue weighted by molar-refractivity contribution is 5.39. The highest BCUT2D eigenvalue weighted by atomic mass is 19.1. The second-order valence-corrected chi connectivity index (χ2v) is 9.13. The molecule has 2 fully saturated rings. The first-order valence-corrected chi connectivity index (χ1v) is 10.7. The summed E-state index contributed by atoms with van der Waals surface area (Å²) in [6, 6.07) is 3.93. The minimum Gasteiger partial charge on any atom is -0.486 e. The van der Waals surface area contributed by atoms with Crippen molar-refractivity contribution in [3.8, 4) is 5.75 Å². The van der Waals surface area contributed by atoms with Crippen LogP contribution in [-0.2, 0) is 12.8 Å². The molecular formula is C24H33FO. The van der Waals surface area contributed by atoms with Gasteiger partial charge in [-0.15, -0.1) is 0 Å². The molecule has 0 radical (unpaired) electrons. The van der Waals surface area contributed by atoms with Crippen LogP contribution in [0.5, 0.6) is 5.75 Å². The molecule has 0 heterocycles. The van der Waals surface area contributed by atoms with Gasteiger partial charge in [-0.2, -0.15) is 0 Å². The molecule has 0 aromatic heterocycles. The Morgan fingerprint density at radius 3 is 2.58 bits per heavy atom. The SMILES string of the molecule is C=CCOc1ccc2c(c1F)CCC(C1CCC3CC(C)CCC3C1)C2. The van der Waals surface area contributed by atoms with Crippen molar-refractivity contribution in [1.29, 1.82) is 0 Å². The molecule has 0 N–H and O–H groups in total. The molecule has 3 aliphatic carbocycles. The monoisotopic (exact) mass is 356 g/mol. The number of benzene rings is 1. The van der Waals surface area contributed by atoms with Gasteiger partial charge in [0.25, 0.3) is 0 Å². The van der Waals surface area contributed by atoms with Crippen LogP contribution in [0.1, 0.15) is 63.0 Å². The first kappa shape index (κ1) is 18.1. The van der Waals surface area contributed by atoms with E-state index in [0.717, 1.165) is 54.4 Å². The second-order valence-electron chi connectivity index (χ2n) is 9.13. The fraction of sp³-hybridized carbons (Fsp3) is 0.667. The number of fused-ring (bicyclic) bond motifs is 2. The number of hydrogen-bond donors (Lipinski definition) is 0. The Bertz CT molecular complexity index is 652. The van der Waals surface area contributed by atoms with E-state index in [9.17, 15) is 4.39 Å². The topological polar surface area (TPSA) is 9.23 Å². The number of halogens is 1. The smallest absolute Gasteiger partial charge is 0.168 e. The molecule has 5 unspecified atom stereocenters. The summed E-state index contributed by atoms with van der Waals surface area (Å²) in [4.78, 5) is 0. The summed E-state index contributed by atoms with van der Waals surface area (Å²) in [7, 11) is 0. The average Bonchev–Trinajstić information content (AvgIpc) is 2.67. The summed E-state index contributed by atoms with van der Waals surface area (Å²) in [5.41, 5.74) is 2.13. The van der Waals surface area contributed by atoms with Crippen LogP contribution < -0.4 is 4.74 Å². The van der Waals surface area contributed by atoms with E-state index in [2.05, 4.69) is 19.6 Å². The van der Waals surface area contributed by atoms with Gasteiger partial charge in [0.2, 0.25) is 0 Å². The van der Waals surface area contributed by atoms with Crippen LogP contribution in [-0.4, -0.2) is 6.61 Å². The molecule has 4 rings (SSSR count). The Labute approximate surface area is 158 Å². The van der Waals surface area contributed by atoms with Gasteiger partial charge in [0, 0.05) is 0 Å². The van der Waals surface area contributed by atoms with Crippen LogP contribution in [0.25, 0.3) is 0 Å². The molecule has 5 atom stereocenters. The predicted molar refractivity (Wildman–Crippen MR) is 105 cm³/mol. The average molecular weight is 357 g/mol. The molecule has 0 amide bonds. The standard InChI is InChI=1S/C24H33FO/c1-3-12-26-23-11-9-21-15-20(8-10-22(21)24(23)25)19-7-6-17-13-16(2)4-5-18(17)14-19/h3,9,11,16-20H,1,4-8,10,12-15H2,2H3. The zero-order valence-corrected chi connectivity index (χ0v) is 16.2. The van der Waals surface area contributed by atoms with Gasteiger partial charge in [-0.3, -0.25) is 0 Å². The lowest BCUT2D eigenvalue weighted by atomic mass is 9.61. The molecule has 142 valence electrons. The lowest BCUT2D eigenvalue weighted by Crippen LogP contribution is -2.34. The zero-order valence-electron chi connectivity index (χ0n) is 16.2. The molecule has 26 heavy (non-hydrogen) atoms. The number of ether oxygens (including phenoxy) is 1. The van der Waals surface area contributed by atoms with E-state index < -0.39 is 0 Å². The van der Waals surface area contributed by atoms with Crippen molar-refractivity contribution >= 4 is 0 Å². The molecule has 0 bridgehead atoms.